The zero-order valence-electron chi connectivity index (χ0n) is 10.4. The smallest absolute Gasteiger partial charge is 0.0296 e. The van der Waals surface area contributed by atoms with Crippen LogP contribution in [0.15, 0.2) is 72.3 Å². The van der Waals surface area contributed by atoms with E-state index in [0.29, 0.717) is 5.92 Å². The zero-order chi connectivity index (χ0) is 12.1. The first-order chi connectivity index (χ1) is 8.33. The van der Waals surface area contributed by atoms with E-state index in [1.54, 1.807) is 0 Å². The van der Waals surface area contributed by atoms with Gasteiger partial charge < -0.3 is 0 Å². The van der Waals surface area contributed by atoms with Crippen molar-refractivity contribution in [2.45, 2.75) is 19.8 Å². The van der Waals surface area contributed by atoms with Crippen molar-refractivity contribution in [1.82, 2.24) is 0 Å². The minimum Gasteiger partial charge on any atom is -0.0878 e. The second-order valence-electron chi connectivity index (χ2n) is 4.29. The fraction of sp³-hybridized carbons (Fsp3) is 0.176. The van der Waals surface area contributed by atoms with Gasteiger partial charge in [0.1, 0.15) is 0 Å². The summed E-state index contributed by atoms with van der Waals surface area (Å²) < 4.78 is 0. The molecule has 0 N–H and O–H groups in total. The van der Waals surface area contributed by atoms with Crippen molar-refractivity contribution in [3.05, 3.63) is 83.4 Å². The molecule has 0 spiro atoms. The molecule has 0 fully saturated rings. The van der Waals surface area contributed by atoms with Crippen LogP contribution in [-0.2, 0) is 0 Å². The van der Waals surface area contributed by atoms with E-state index in [9.17, 15) is 0 Å². The Morgan fingerprint density at radius 3 is 1.59 bits per heavy atom. The molecule has 2 aromatic carbocycles. The van der Waals surface area contributed by atoms with Gasteiger partial charge in [0, 0.05) is 5.92 Å². The highest BCUT2D eigenvalue weighted by Gasteiger charge is 2.14. The molecule has 0 heteroatoms. The lowest BCUT2D eigenvalue weighted by atomic mass is 9.85. The molecule has 0 radical (unpaired) electrons. The molecule has 0 aliphatic heterocycles. The Morgan fingerprint density at radius 2 is 1.24 bits per heavy atom. The van der Waals surface area contributed by atoms with Gasteiger partial charge in [-0.15, -0.1) is 0 Å². The van der Waals surface area contributed by atoms with Crippen molar-refractivity contribution in [3.8, 4) is 0 Å². The van der Waals surface area contributed by atoms with Crippen LogP contribution in [0.25, 0.3) is 0 Å². The van der Waals surface area contributed by atoms with Crippen molar-refractivity contribution >= 4 is 0 Å². The lowest BCUT2D eigenvalue weighted by Crippen LogP contribution is -2.02. The molecule has 0 nitrogen and oxygen atoms in total. The van der Waals surface area contributed by atoms with Gasteiger partial charge >= 0.3 is 0 Å². The van der Waals surface area contributed by atoms with E-state index in [-0.39, 0.29) is 0 Å². The summed E-state index contributed by atoms with van der Waals surface area (Å²) in [6, 6.07) is 21.3. The van der Waals surface area contributed by atoms with Gasteiger partial charge in [0.15, 0.2) is 0 Å². The molecule has 0 saturated carbocycles. The highest BCUT2D eigenvalue weighted by molar-refractivity contribution is 5.39. The standard InChI is InChI=1S/C17H18/c1-3-14(2)17(15-10-6-4-7-11-15)16-12-8-5-9-13-16/h3-13,17H,1-2H3. The molecule has 0 atom stereocenters. The van der Waals surface area contributed by atoms with Crippen molar-refractivity contribution in [3.63, 3.8) is 0 Å². The van der Waals surface area contributed by atoms with E-state index in [0.717, 1.165) is 0 Å². The summed E-state index contributed by atoms with van der Waals surface area (Å²) in [4.78, 5) is 0. The maximum absolute atomic E-state index is 2.20. The second kappa shape index (κ2) is 5.49. The maximum Gasteiger partial charge on any atom is 0.0296 e. The minimum atomic E-state index is 0.377. The van der Waals surface area contributed by atoms with E-state index >= 15 is 0 Å². The monoisotopic (exact) mass is 222 g/mol. The van der Waals surface area contributed by atoms with Gasteiger partial charge in [-0.3, -0.25) is 0 Å². The maximum atomic E-state index is 2.20. The first-order valence-electron chi connectivity index (χ1n) is 6.05. The molecular formula is C17H18. The van der Waals surface area contributed by atoms with Crippen LogP contribution < -0.4 is 0 Å². The summed E-state index contributed by atoms with van der Waals surface area (Å²) in [5, 5.41) is 0. The van der Waals surface area contributed by atoms with Crippen LogP contribution in [0.2, 0.25) is 0 Å². The summed E-state index contributed by atoms with van der Waals surface area (Å²) in [5.41, 5.74) is 4.10. The Balaban J connectivity index is 2.47. The molecule has 0 aromatic heterocycles. The van der Waals surface area contributed by atoms with Gasteiger partial charge in [-0.1, -0.05) is 72.3 Å². The second-order valence-corrected chi connectivity index (χ2v) is 4.29. The van der Waals surface area contributed by atoms with Crippen molar-refractivity contribution < 1.29 is 0 Å². The first-order valence-corrected chi connectivity index (χ1v) is 6.05. The Hall–Kier alpha value is -1.82. The van der Waals surface area contributed by atoms with Crippen LogP contribution in [0, 0.1) is 0 Å². The molecule has 0 unspecified atom stereocenters. The topological polar surface area (TPSA) is 0 Å². The Kier molecular flexibility index (Phi) is 3.77. The summed E-state index contributed by atoms with van der Waals surface area (Å²) in [6.07, 6.45) is 2.20. The van der Waals surface area contributed by atoms with E-state index in [2.05, 4.69) is 80.6 Å². The molecule has 0 aliphatic rings. The number of benzene rings is 2. The van der Waals surface area contributed by atoms with Gasteiger partial charge in [-0.25, -0.2) is 0 Å². The average molecular weight is 222 g/mol. The van der Waals surface area contributed by atoms with Crippen LogP contribution in [-0.4, -0.2) is 0 Å². The normalized spacial score (nSPS) is 11.8. The molecule has 2 rings (SSSR count). The molecule has 0 amide bonds. The van der Waals surface area contributed by atoms with Gasteiger partial charge in [-0.05, 0) is 25.0 Å². The quantitative estimate of drug-likeness (QED) is 0.655. The predicted octanol–water partition coefficient (Wildman–Crippen LogP) is 4.78. The van der Waals surface area contributed by atoms with Gasteiger partial charge in [0.2, 0.25) is 0 Å². The summed E-state index contributed by atoms with van der Waals surface area (Å²) >= 11 is 0. The molecular weight excluding hydrogens is 204 g/mol. The predicted molar refractivity (Wildman–Crippen MR) is 74.2 cm³/mol. The third-order valence-corrected chi connectivity index (χ3v) is 3.18. The van der Waals surface area contributed by atoms with Crippen LogP contribution in [0.3, 0.4) is 0 Å². The van der Waals surface area contributed by atoms with Gasteiger partial charge in [0.05, 0.1) is 0 Å². The molecule has 86 valence electrons. The molecule has 0 aliphatic carbocycles. The third-order valence-electron chi connectivity index (χ3n) is 3.18. The molecule has 0 heterocycles. The van der Waals surface area contributed by atoms with Crippen molar-refractivity contribution in [2.24, 2.45) is 0 Å². The molecule has 0 bridgehead atoms. The lowest BCUT2D eigenvalue weighted by Gasteiger charge is -2.18. The van der Waals surface area contributed by atoms with Crippen molar-refractivity contribution in [1.29, 1.82) is 0 Å². The fourth-order valence-corrected chi connectivity index (χ4v) is 2.18. The SMILES string of the molecule is CC=C(C)C(c1ccccc1)c1ccccc1. The van der Waals surface area contributed by atoms with Gasteiger partial charge in [0.25, 0.3) is 0 Å². The molecule has 0 saturated heterocycles. The number of hydrogen-bond acceptors (Lipinski definition) is 0. The number of hydrogen-bond donors (Lipinski definition) is 0. The zero-order valence-corrected chi connectivity index (χ0v) is 10.4. The summed E-state index contributed by atoms with van der Waals surface area (Å²) in [6.45, 7) is 4.30. The van der Waals surface area contributed by atoms with E-state index in [4.69, 9.17) is 0 Å². The van der Waals surface area contributed by atoms with Crippen molar-refractivity contribution in [2.75, 3.05) is 0 Å². The Labute approximate surface area is 104 Å². The van der Waals surface area contributed by atoms with Crippen LogP contribution in [0.4, 0.5) is 0 Å². The van der Waals surface area contributed by atoms with Crippen LogP contribution in [0.5, 0.6) is 0 Å². The van der Waals surface area contributed by atoms with Crippen LogP contribution >= 0.6 is 0 Å². The number of rotatable bonds is 3. The third kappa shape index (κ3) is 2.65. The van der Waals surface area contributed by atoms with Crippen LogP contribution in [0.1, 0.15) is 30.9 Å². The first kappa shape index (κ1) is 11.7. The lowest BCUT2D eigenvalue weighted by molar-refractivity contribution is 0.942. The minimum absolute atomic E-state index is 0.377. The van der Waals surface area contributed by atoms with E-state index < -0.39 is 0 Å². The van der Waals surface area contributed by atoms with E-state index in [1.807, 2.05) is 0 Å². The summed E-state index contributed by atoms with van der Waals surface area (Å²) in [7, 11) is 0. The molecule has 17 heavy (non-hydrogen) atoms. The largest absolute Gasteiger partial charge is 0.0878 e. The highest BCUT2D eigenvalue weighted by atomic mass is 14.2. The fourth-order valence-electron chi connectivity index (χ4n) is 2.18. The van der Waals surface area contributed by atoms with Gasteiger partial charge in [-0.2, -0.15) is 0 Å². The average Bonchev–Trinajstić information content (AvgIpc) is 2.41. The number of allylic oxidation sites excluding steroid dienone is 2. The molecule has 2 aromatic rings. The van der Waals surface area contributed by atoms with E-state index in [1.165, 1.54) is 16.7 Å². The highest BCUT2D eigenvalue weighted by Crippen LogP contribution is 2.31. The Morgan fingerprint density at radius 1 is 0.824 bits per heavy atom. The summed E-state index contributed by atoms with van der Waals surface area (Å²) in [5.74, 6) is 0.377. The Bertz CT molecular complexity index is 440.